The number of piperidine rings is 1. The van der Waals surface area contributed by atoms with Crippen molar-refractivity contribution in [2.45, 2.75) is 49.8 Å². The Hall–Kier alpha value is -0.750. The summed E-state index contributed by atoms with van der Waals surface area (Å²) in [6, 6.07) is 0. The topological polar surface area (TPSA) is 32.7 Å². The zero-order valence-corrected chi connectivity index (χ0v) is 14.1. The fraction of sp³-hybridized carbons (Fsp3) is 1.00. The molecule has 2 aliphatic rings. The zero-order valence-electron chi connectivity index (χ0n) is 14.1. The molecule has 1 saturated heterocycles. The van der Waals surface area contributed by atoms with Gasteiger partial charge in [0.2, 0.25) is 0 Å². The first-order chi connectivity index (χ1) is 12.2. The summed E-state index contributed by atoms with van der Waals surface area (Å²) in [4.78, 5) is 1.91. The van der Waals surface area contributed by atoms with Gasteiger partial charge in [-0.3, -0.25) is 0 Å². The molecule has 3 nitrogen and oxygen atoms in total. The molecule has 160 valence electrons. The Bertz CT molecular complexity index is 467. The van der Waals surface area contributed by atoms with Crippen molar-refractivity contribution in [2.75, 3.05) is 32.8 Å². The second-order valence-electron chi connectivity index (χ2n) is 7.36. The van der Waals surface area contributed by atoms with Gasteiger partial charge in [0.1, 0.15) is 0 Å². The molecular formula is C15H20F9NO2. The standard InChI is InChI=1S/C15H20F9NO2/c16-13(17,18)12(14(19,20)21,15(22,23)24)27-7-10-1-5-25(6-2-10)8-11(9-26)3-4-11/h10,26H,1-9H2. The Labute approximate surface area is 149 Å². The molecule has 1 saturated carbocycles. The first-order valence-electron chi connectivity index (χ1n) is 8.35. The van der Waals surface area contributed by atoms with Crippen LogP contribution in [0.25, 0.3) is 0 Å². The van der Waals surface area contributed by atoms with E-state index in [2.05, 4.69) is 4.74 Å². The number of ether oxygens (including phenoxy) is 1. The number of nitrogens with zero attached hydrogens (tertiary/aromatic N) is 1. The summed E-state index contributed by atoms with van der Waals surface area (Å²) in [5.74, 6) is -0.850. The number of alkyl halides is 9. The van der Waals surface area contributed by atoms with Crippen LogP contribution in [-0.2, 0) is 4.74 Å². The van der Waals surface area contributed by atoms with Gasteiger partial charge in [0.05, 0.1) is 6.61 Å². The van der Waals surface area contributed by atoms with Crippen LogP contribution >= 0.6 is 0 Å². The van der Waals surface area contributed by atoms with Crippen molar-refractivity contribution in [1.29, 1.82) is 0 Å². The number of aliphatic hydroxyl groups is 1. The summed E-state index contributed by atoms with van der Waals surface area (Å²) < 4.78 is 119. The molecule has 1 aliphatic heterocycles. The second kappa shape index (κ2) is 7.25. The molecule has 0 atom stereocenters. The highest BCUT2D eigenvalue weighted by atomic mass is 19.4. The van der Waals surface area contributed by atoms with Gasteiger partial charge >= 0.3 is 24.1 Å². The highest BCUT2D eigenvalue weighted by molar-refractivity contribution is 5.02. The van der Waals surface area contributed by atoms with Crippen molar-refractivity contribution in [3.05, 3.63) is 0 Å². The minimum absolute atomic E-state index is 0.0126. The highest BCUT2D eigenvalue weighted by Gasteiger charge is 2.85. The number of rotatable bonds is 6. The fourth-order valence-electron chi connectivity index (χ4n) is 3.30. The molecule has 0 aromatic heterocycles. The van der Waals surface area contributed by atoms with Crippen LogP contribution in [0.1, 0.15) is 25.7 Å². The van der Waals surface area contributed by atoms with E-state index in [-0.39, 0.29) is 24.9 Å². The lowest BCUT2D eigenvalue weighted by atomic mass is 9.95. The van der Waals surface area contributed by atoms with Crippen LogP contribution in [0.3, 0.4) is 0 Å². The number of hydrogen-bond donors (Lipinski definition) is 1. The first kappa shape index (κ1) is 22.5. The van der Waals surface area contributed by atoms with E-state index < -0.39 is 36.7 Å². The molecular weight excluding hydrogens is 397 g/mol. The van der Waals surface area contributed by atoms with E-state index in [4.69, 9.17) is 0 Å². The van der Waals surface area contributed by atoms with Gasteiger partial charge in [-0.2, -0.15) is 39.5 Å². The van der Waals surface area contributed by atoms with Gasteiger partial charge in [0.15, 0.2) is 0 Å². The third-order valence-electron chi connectivity index (χ3n) is 5.29. The van der Waals surface area contributed by atoms with Crippen LogP contribution in [0.4, 0.5) is 39.5 Å². The SMILES string of the molecule is OCC1(CN2CCC(COC(C(F)(F)F)(C(F)(F)F)C(F)(F)F)CC2)CC1. The third-order valence-corrected chi connectivity index (χ3v) is 5.29. The maximum absolute atomic E-state index is 12.8. The number of halogens is 9. The lowest BCUT2D eigenvalue weighted by Crippen LogP contribution is -2.68. The smallest absolute Gasteiger partial charge is 0.396 e. The summed E-state index contributed by atoms with van der Waals surface area (Å²) in [6.45, 7) is -0.132. The van der Waals surface area contributed by atoms with Gasteiger partial charge in [-0.05, 0) is 44.7 Å². The van der Waals surface area contributed by atoms with Crippen LogP contribution in [0, 0.1) is 11.3 Å². The second-order valence-corrected chi connectivity index (χ2v) is 7.36. The number of hydrogen-bond acceptors (Lipinski definition) is 3. The van der Waals surface area contributed by atoms with Crippen LogP contribution in [0.2, 0.25) is 0 Å². The van der Waals surface area contributed by atoms with Gasteiger partial charge in [-0.15, -0.1) is 0 Å². The first-order valence-corrected chi connectivity index (χ1v) is 8.35. The van der Waals surface area contributed by atoms with E-state index in [1.165, 1.54) is 0 Å². The molecule has 0 amide bonds. The Morgan fingerprint density at radius 3 is 1.63 bits per heavy atom. The van der Waals surface area contributed by atoms with Crippen molar-refractivity contribution in [3.63, 3.8) is 0 Å². The highest BCUT2D eigenvalue weighted by Crippen LogP contribution is 2.55. The van der Waals surface area contributed by atoms with Gasteiger partial charge in [-0.1, -0.05) is 0 Å². The van der Waals surface area contributed by atoms with Crippen LogP contribution < -0.4 is 0 Å². The Morgan fingerprint density at radius 1 is 0.852 bits per heavy atom. The molecule has 1 heterocycles. The van der Waals surface area contributed by atoms with Crippen LogP contribution in [0.15, 0.2) is 0 Å². The van der Waals surface area contributed by atoms with Gasteiger partial charge in [-0.25, -0.2) is 0 Å². The average molecular weight is 417 g/mol. The summed E-state index contributed by atoms with van der Waals surface area (Å²) >= 11 is 0. The Morgan fingerprint density at radius 2 is 1.30 bits per heavy atom. The van der Waals surface area contributed by atoms with Crippen molar-refractivity contribution in [2.24, 2.45) is 11.3 Å². The van der Waals surface area contributed by atoms with Crippen LogP contribution in [0.5, 0.6) is 0 Å². The molecule has 0 bridgehead atoms. The van der Waals surface area contributed by atoms with Gasteiger partial charge in [0, 0.05) is 18.6 Å². The molecule has 27 heavy (non-hydrogen) atoms. The number of likely N-dealkylation sites (tertiary alicyclic amines) is 1. The molecule has 1 aliphatic carbocycles. The van der Waals surface area contributed by atoms with Gasteiger partial charge < -0.3 is 14.7 Å². The monoisotopic (exact) mass is 417 g/mol. The van der Waals surface area contributed by atoms with Gasteiger partial charge in [0.25, 0.3) is 0 Å². The molecule has 0 aromatic rings. The summed E-state index contributed by atoms with van der Waals surface area (Å²) in [6.07, 6.45) is -18.2. The van der Waals surface area contributed by atoms with Crippen molar-refractivity contribution >= 4 is 0 Å². The van der Waals surface area contributed by atoms with Crippen molar-refractivity contribution < 1.29 is 49.4 Å². The molecule has 0 spiro atoms. The molecule has 0 radical (unpaired) electrons. The van der Waals surface area contributed by atoms with Crippen LogP contribution in [-0.4, -0.2) is 67.0 Å². The Balaban J connectivity index is 2.00. The van der Waals surface area contributed by atoms with E-state index in [9.17, 15) is 44.6 Å². The largest absolute Gasteiger partial charge is 0.435 e. The minimum atomic E-state index is -6.69. The van der Waals surface area contributed by atoms with E-state index in [1.54, 1.807) is 0 Å². The predicted octanol–water partition coefficient (Wildman–Crippen LogP) is 3.91. The fourth-order valence-corrected chi connectivity index (χ4v) is 3.30. The molecule has 12 heteroatoms. The predicted molar refractivity (Wildman–Crippen MR) is 74.8 cm³/mol. The quantitative estimate of drug-likeness (QED) is 0.666. The minimum Gasteiger partial charge on any atom is -0.396 e. The molecule has 2 rings (SSSR count). The maximum Gasteiger partial charge on any atom is 0.435 e. The van der Waals surface area contributed by atoms with E-state index in [0.29, 0.717) is 19.6 Å². The lowest BCUT2D eigenvalue weighted by Gasteiger charge is -2.40. The third kappa shape index (κ3) is 4.47. The molecule has 1 N–H and O–H groups in total. The summed E-state index contributed by atoms with van der Waals surface area (Å²) in [5, 5.41) is 9.28. The molecule has 0 aromatic carbocycles. The normalized spacial score (nSPS) is 22.9. The number of aliphatic hydroxyl groups excluding tert-OH is 1. The molecule has 0 unspecified atom stereocenters. The Kier molecular flexibility index (Phi) is 6.05. The maximum atomic E-state index is 12.8. The van der Waals surface area contributed by atoms with E-state index in [1.807, 2.05) is 4.90 Å². The lowest BCUT2D eigenvalue weighted by molar-refractivity contribution is -0.458. The van der Waals surface area contributed by atoms with E-state index in [0.717, 1.165) is 12.8 Å². The van der Waals surface area contributed by atoms with E-state index >= 15 is 0 Å². The molecule has 2 fully saturated rings. The average Bonchev–Trinajstić information content (AvgIpc) is 3.25. The van der Waals surface area contributed by atoms with Crippen molar-refractivity contribution in [3.8, 4) is 0 Å². The summed E-state index contributed by atoms with van der Waals surface area (Å²) in [5.41, 5.74) is -6.40. The zero-order chi connectivity index (χ0) is 20.7. The summed E-state index contributed by atoms with van der Waals surface area (Å²) in [7, 11) is 0. The van der Waals surface area contributed by atoms with Crippen molar-refractivity contribution in [1.82, 2.24) is 4.90 Å².